The lowest BCUT2D eigenvalue weighted by atomic mass is 10.1. The monoisotopic (exact) mass is 313 g/mol. The molecule has 5 nitrogen and oxygen atoms in total. The third-order valence-corrected chi connectivity index (χ3v) is 3.72. The van der Waals surface area contributed by atoms with Gasteiger partial charge in [-0.1, -0.05) is 17.7 Å². The molecule has 1 aromatic carbocycles. The van der Waals surface area contributed by atoms with Gasteiger partial charge in [-0.2, -0.15) is 0 Å². The van der Waals surface area contributed by atoms with Gasteiger partial charge in [0.1, 0.15) is 6.04 Å². The minimum Gasteiger partial charge on any atom is -0.493 e. The summed E-state index contributed by atoms with van der Waals surface area (Å²) in [5.74, 6) is 0.613. The number of ether oxygens (including phenoxy) is 3. The molecular weight excluding hydrogens is 294 g/mol. The standard InChI is InChI=1S/C15H20ClNO4/c1-4-21-15(18)13(17-9-5-6-9)10-7-8-11(19-2)14(20-3)12(10)16/h7-9,13,17H,4-6H2,1-3H3. The lowest BCUT2D eigenvalue weighted by Gasteiger charge is -2.20. The second-order valence-corrected chi connectivity index (χ2v) is 5.21. The number of carbonyl (C=O) groups excluding carboxylic acids is 1. The van der Waals surface area contributed by atoms with Gasteiger partial charge in [-0.15, -0.1) is 0 Å². The second-order valence-electron chi connectivity index (χ2n) is 4.83. The first kappa shape index (κ1) is 15.9. The molecule has 0 spiro atoms. The molecule has 0 heterocycles. The van der Waals surface area contributed by atoms with E-state index in [9.17, 15) is 4.79 Å². The molecule has 21 heavy (non-hydrogen) atoms. The second kappa shape index (κ2) is 7.00. The molecule has 2 rings (SSSR count). The fraction of sp³-hybridized carbons (Fsp3) is 0.533. The van der Waals surface area contributed by atoms with Gasteiger partial charge < -0.3 is 14.2 Å². The highest BCUT2D eigenvalue weighted by Gasteiger charge is 2.32. The maximum absolute atomic E-state index is 12.2. The molecule has 6 heteroatoms. The first-order valence-electron chi connectivity index (χ1n) is 6.95. The van der Waals surface area contributed by atoms with Crippen LogP contribution in [-0.2, 0) is 9.53 Å². The van der Waals surface area contributed by atoms with Crippen LogP contribution in [0.25, 0.3) is 0 Å². The summed E-state index contributed by atoms with van der Waals surface area (Å²) >= 11 is 6.38. The zero-order valence-corrected chi connectivity index (χ0v) is 13.2. The third-order valence-electron chi connectivity index (χ3n) is 3.33. The van der Waals surface area contributed by atoms with Crippen LogP contribution in [-0.4, -0.2) is 32.8 Å². The zero-order valence-electron chi connectivity index (χ0n) is 12.4. The molecule has 1 N–H and O–H groups in total. The SMILES string of the molecule is CCOC(=O)C(NC1CC1)c1ccc(OC)c(OC)c1Cl. The average Bonchev–Trinajstić information content (AvgIpc) is 3.29. The molecule has 1 aliphatic carbocycles. The van der Waals surface area contributed by atoms with Crippen molar-refractivity contribution in [1.29, 1.82) is 0 Å². The van der Waals surface area contributed by atoms with Crippen LogP contribution in [0.15, 0.2) is 12.1 Å². The lowest BCUT2D eigenvalue weighted by molar-refractivity contribution is -0.145. The van der Waals surface area contributed by atoms with Gasteiger partial charge in [0.25, 0.3) is 0 Å². The van der Waals surface area contributed by atoms with E-state index < -0.39 is 6.04 Å². The van der Waals surface area contributed by atoms with E-state index in [0.717, 1.165) is 12.8 Å². The molecule has 1 fully saturated rings. The first-order valence-corrected chi connectivity index (χ1v) is 7.33. The van der Waals surface area contributed by atoms with Gasteiger partial charge in [0, 0.05) is 11.6 Å². The minimum absolute atomic E-state index is 0.326. The van der Waals surface area contributed by atoms with Crippen molar-refractivity contribution in [2.45, 2.75) is 31.8 Å². The Bertz CT molecular complexity index is 517. The molecule has 116 valence electrons. The molecule has 1 saturated carbocycles. The van der Waals surface area contributed by atoms with Crippen molar-refractivity contribution in [3.8, 4) is 11.5 Å². The molecular formula is C15H20ClNO4. The van der Waals surface area contributed by atoms with Gasteiger partial charge in [-0.05, 0) is 25.8 Å². The normalized spacial score (nSPS) is 15.4. The summed E-state index contributed by atoms with van der Waals surface area (Å²) < 4.78 is 15.6. The lowest BCUT2D eigenvalue weighted by Crippen LogP contribution is -2.32. The van der Waals surface area contributed by atoms with Crippen LogP contribution in [0.1, 0.15) is 31.4 Å². The van der Waals surface area contributed by atoms with E-state index in [1.54, 1.807) is 26.2 Å². The molecule has 0 aliphatic heterocycles. The highest BCUT2D eigenvalue weighted by atomic mass is 35.5. The van der Waals surface area contributed by atoms with E-state index in [1.807, 2.05) is 0 Å². The van der Waals surface area contributed by atoms with Crippen LogP contribution in [0, 0.1) is 0 Å². The Balaban J connectivity index is 2.36. The van der Waals surface area contributed by atoms with Crippen LogP contribution in [0.4, 0.5) is 0 Å². The van der Waals surface area contributed by atoms with E-state index >= 15 is 0 Å². The molecule has 1 aromatic rings. The third kappa shape index (κ3) is 3.60. The van der Waals surface area contributed by atoms with E-state index in [2.05, 4.69) is 5.32 Å². The summed E-state index contributed by atoms with van der Waals surface area (Å²) in [6.07, 6.45) is 2.11. The minimum atomic E-state index is -0.593. The van der Waals surface area contributed by atoms with E-state index in [0.29, 0.717) is 34.7 Å². The van der Waals surface area contributed by atoms with Crippen LogP contribution in [0.2, 0.25) is 5.02 Å². The van der Waals surface area contributed by atoms with Gasteiger partial charge >= 0.3 is 5.97 Å². The number of nitrogens with one attached hydrogen (secondary N) is 1. The topological polar surface area (TPSA) is 56.8 Å². The van der Waals surface area contributed by atoms with Gasteiger partial charge in [0.2, 0.25) is 0 Å². The number of methoxy groups -OCH3 is 2. The molecule has 1 unspecified atom stereocenters. The van der Waals surface area contributed by atoms with Crippen LogP contribution < -0.4 is 14.8 Å². The Morgan fingerprint density at radius 1 is 1.38 bits per heavy atom. The Labute approximate surface area is 129 Å². The first-order chi connectivity index (χ1) is 10.1. The van der Waals surface area contributed by atoms with Gasteiger partial charge in [-0.3, -0.25) is 5.32 Å². The van der Waals surface area contributed by atoms with Crippen molar-refractivity contribution in [2.75, 3.05) is 20.8 Å². The maximum Gasteiger partial charge on any atom is 0.327 e. The Morgan fingerprint density at radius 2 is 2.10 bits per heavy atom. The van der Waals surface area contributed by atoms with Crippen molar-refractivity contribution in [1.82, 2.24) is 5.32 Å². The predicted molar refractivity (Wildman–Crippen MR) is 80.1 cm³/mol. The number of halogens is 1. The number of rotatable bonds is 7. The average molecular weight is 314 g/mol. The van der Waals surface area contributed by atoms with Crippen LogP contribution in [0.5, 0.6) is 11.5 Å². The quantitative estimate of drug-likeness (QED) is 0.784. The summed E-state index contributed by atoms with van der Waals surface area (Å²) in [7, 11) is 3.06. The van der Waals surface area contributed by atoms with Gasteiger partial charge in [-0.25, -0.2) is 4.79 Å². The highest BCUT2D eigenvalue weighted by Crippen LogP contribution is 2.40. The van der Waals surface area contributed by atoms with E-state index in [4.69, 9.17) is 25.8 Å². The largest absolute Gasteiger partial charge is 0.493 e. The molecule has 1 atom stereocenters. The summed E-state index contributed by atoms with van der Waals surface area (Å²) in [6.45, 7) is 2.11. The Hall–Kier alpha value is -1.46. The number of benzene rings is 1. The van der Waals surface area contributed by atoms with E-state index in [1.165, 1.54) is 7.11 Å². The predicted octanol–water partition coefficient (Wildman–Crippen LogP) is 2.71. The molecule has 0 amide bonds. The van der Waals surface area contributed by atoms with E-state index in [-0.39, 0.29) is 5.97 Å². The number of carbonyl (C=O) groups is 1. The highest BCUT2D eigenvalue weighted by molar-refractivity contribution is 6.33. The fourth-order valence-electron chi connectivity index (χ4n) is 2.12. The smallest absolute Gasteiger partial charge is 0.327 e. The Kier molecular flexibility index (Phi) is 5.31. The maximum atomic E-state index is 12.2. The summed E-state index contributed by atoms with van der Waals surface area (Å²) in [4.78, 5) is 12.2. The molecule has 0 saturated heterocycles. The van der Waals surface area contributed by atoms with Crippen molar-refractivity contribution in [3.63, 3.8) is 0 Å². The zero-order chi connectivity index (χ0) is 15.4. The van der Waals surface area contributed by atoms with Crippen LogP contribution in [0.3, 0.4) is 0 Å². The molecule has 0 aromatic heterocycles. The van der Waals surface area contributed by atoms with Gasteiger partial charge in [0.05, 0.1) is 25.8 Å². The Morgan fingerprint density at radius 3 is 2.62 bits per heavy atom. The molecule has 1 aliphatic rings. The summed E-state index contributed by atoms with van der Waals surface area (Å²) in [5, 5.41) is 3.63. The summed E-state index contributed by atoms with van der Waals surface area (Å²) in [5.41, 5.74) is 0.639. The number of hydrogen-bond acceptors (Lipinski definition) is 5. The fourth-order valence-corrected chi connectivity index (χ4v) is 2.47. The van der Waals surface area contributed by atoms with Crippen LogP contribution >= 0.6 is 11.6 Å². The summed E-state index contributed by atoms with van der Waals surface area (Å²) in [6, 6.07) is 3.25. The van der Waals surface area contributed by atoms with Gasteiger partial charge in [0.15, 0.2) is 11.5 Å². The van der Waals surface area contributed by atoms with Crippen molar-refractivity contribution in [3.05, 3.63) is 22.7 Å². The van der Waals surface area contributed by atoms with Crippen molar-refractivity contribution < 1.29 is 19.0 Å². The van der Waals surface area contributed by atoms with Crippen molar-refractivity contribution in [2.24, 2.45) is 0 Å². The molecule has 0 bridgehead atoms. The van der Waals surface area contributed by atoms with Crippen molar-refractivity contribution >= 4 is 17.6 Å². The number of esters is 1. The molecule has 0 radical (unpaired) electrons. The number of hydrogen-bond donors (Lipinski definition) is 1.